The Balaban J connectivity index is 2.21. The number of aromatic nitrogens is 2. The highest BCUT2D eigenvalue weighted by atomic mass is 15.3. The molecule has 0 spiro atoms. The molecule has 1 aliphatic carbocycles. The molecule has 3 nitrogen and oxygen atoms in total. The second kappa shape index (κ2) is 7.09. The second-order valence-corrected chi connectivity index (χ2v) is 5.85. The molecule has 0 aromatic carbocycles. The zero-order valence-electron chi connectivity index (χ0n) is 12.8. The minimum atomic E-state index is 0.506. The van der Waals surface area contributed by atoms with E-state index in [2.05, 4.69) is 30.5 Å². The highest BCUT2D eigenvalue weighted by Gasteiger charge is 2.26. The molecular formula is C16H29N3. The zero-order chi connectivity index (χ0) is 13.7. The minimum absolute atomic E-state index is 0.506. The number of aryl methyl sites for hydroxylation is 2. The molecule has 19 heavy (non-hydrogen) atoms. The Morgan fingerprint density at radius 3 is 2.53 bits per heavy atom. The van der Waals surface area contributed by atoms with E-state index >= 15 is 0 Å². The Labute approximate surface area is 117 Å². The quantitative estimate of drug-likeness (QED) is 0.823. The average Bonchev–Trinajstić information content (AvgIpc) is 2.63. The fourth-order valence-corrected chi connectivity index (χ4v) is 3.48. The van der Waals surface area contributed by atoms with Crippen molar-refractivity contribution in [3.8, 4) is 0 Å². The first-order valence-corrected chi connectivity index (χ1v) is 8.02. The van der Waals surface area contributed by atoms with Crippen molar-refractivity contribution in [1.82, 2.24) is 15.1 Å². The summed E-state index contributed by atoms with van der Waals surface area (Å²) in [6, 6.07) is 0.506. The van der Waals surface area contributed by atoms with Gasteiger partial charge in [0.15, 0.2) is 0 Å². The monoisotopic (exact) mass is 263 g/mol. The lowest BCUT2D eigenvalue weighted by atomic mass is 9.87. The largest absolute Gasteiger partial charge is 0.310 e. The number of nitrogens with zero attached hydrogens (tertiary/aromatic N) is 2. The van der Waals surface area contributed by atoms with Gasteiger partial charge in [0, 0.05) is 24.8 Å². The topological polar surface area (TPSA) is 29.9 Å². The summed E-state index contributed by atoms with van der Waals surface area (Å²) in [5.41, 5.74) is 2.72. The van der Waals surface area contributed by atoms with Crippen LogP contribution in [0.4, 0.5) is 0 Å². The van der Waals surface area contributed by atoms with Gasteiger partial charge in [0.25, 0.3) is 0 Å². The molecule has 0 saturated heterocycles. The highest BCUT2D eigenvalue weighted by Crippen LogP contribution is 2.34. The summed E-state index contributed by atoms with van der Waals surface area (Å²) in [6.07, 6.45) is 11.6. The molecule has 1 saturated carbocycles. The summed E-state index contributed by atoms with van der Waals surface area (Å²) in [5.74, 6) is 0.789. The maximum Gasteiger partial charge on any atom is 0.0669 e. The van der Waals surface area contributed by atoms with Gasteiger partial charge in [-0.3, -0.25) is 4.68 Å². The van der Waals surface area contributed by atoms with Crippen LogP contribution in [0.15, 0.2) is 6.20 Å². The molecule has 1 aromatic heterocycles. The van der Waals surface area contributed by atoms with E-state index in [4.69, 9.17) is 0 Å². The molecule has 1 aromatic rings. The Morgan fingerprint density at radius 2 is 1.95 bits per heavy atom. The van der Waals surface area contributed by atoms with Crippen molar-refractivity contribution < 1.29 is 0 Å². The maximum absolute atomic E-state index is 4.63. The summed E-state index contributed by atoms with van der Waals surface area (Å²) >= 11 is 0. The first-order valence-electron chi connectivity index (χ1n) is 8.02. The maximum atomic E-state index is 4.63. The van der Waals surface area contributed by atoms with Gasteiger partial charge in [0.05, 0.1) is 5.69 Å². The van der Waals surface area contributed by atoms with Gasteiger partial charge in [0.1, 0.15) is 0 Å². The summed E-state index contributed by atoms with van der Waals surface area (Å²) in [4.78, 5) is 0. The van der Waals surface area contributed by atoms with Crippen molar-refractivity contribution in [3.05, 3.63) is 17.5 Å². The lowest BCUT2D eigenvalue weighted by Crippen LogP contribution is -2.28. The first-order chi connectivity index (χ1) is 9.26. The molecule has 0 aliphatic heterocycles. The average molecular weight is 263 g/mol. The van der Waals surface area contributed by atoms with Crippen LogP contribution in [-0.2, 0) is 13.5 Å². The van der Waals surface area contributed by atoms with Gasteiger partial charge in [-0.05, 0) is 31.7 Å². The highest BCUT2D eigenvalue weighted by molar-refractivity contribution is 5.22. The zero-order valence-corrected chi connectivity index (χ0v) is 12.8. The van der Waals surface area contributed by atoms with E-state index in [0.717, 1.165) is 18.9 Å². The number of nitrogens with one attached hydrogen (secondary N) is 1. The van der Waals surface area contributed by atoms with Crippen LogP contribution >= 0.6 is 0 Å². The molecule has 0 amide bonds. The smallest absolute Gasteiger partial charge is 0.0669 e. The van der Waals surface area contributed by atoms with Crippen molar-refractivity contribution in [2.75, 3.05) is 6.54 Å². The summed E-state index contributed by atoms with van der Waals surface area (Å²) in [5, 5.41) is 8.36. The van der Waals surface area contributed by atoms with E-state index in [0.29, 0.717) is 6.04 Å². The van der Waals surface area contributed by atoms with E-state index < -0.39 is 0 Å². The molecule has 1 atom stereocenters. The number of rotatable bonds is 5. The van der Waals surface area contributed by atoms with E-state index in [9.17, 15) is 0 Å². The van der Waals surface area contributed by atoms with E-state index in [1.807, 2.05) is 11.7 Å². The second-order valence-electron chi connectivity index (χ2n) is 5.85. The number of hydrogen-bond acceptors (Lipinski definition) is 2. The van der Waals surface area contributed by atoms with E-state index in [1.54, 1.807) is 0 Å². The van der Waals surface area contributed by atoms with E-state index in [-0.39, 0.29) is 0 Å². The fraction of sp³-hybridized carbons (Fsp3) is 0.812. The van der Waals surface area contributed by atoms with Gasteiger partial charge >= 0.3 is 0 Å². The Morgan fingerprint density at radius 1 is 1.26 bits per heavy atom. The van der Waals surface area contributed by atoms with Crippen molar-refractivity contribution in [2.24, 2.45) is 13.0 Å². The summed E-state index contributed by atoms with van der Waals surface area (Å²) in [7, 11) is 2.04. The third-order valence-corrected chi connectivity index (χ3v) is 4.40. The molecule has 0 bridgehead atoms. The van der Waals surface area contributed by atoms with Crippen molar-refractivity contribution in [1.29, 1.82) is 0 Å². The molecule has 0 radical (unpaired) electrons. The van der Waals surface area contributed by atoms with Crippen LogP contribution in [0.25, 0.3) is 0 Å². The first kappa shape index (κ1) is 14.6. The lowest BCUT2D eigenvalue weighted by molar-refractivity contribution is 0.328. The van der Waals surface area contributed by atoms with Gasteiger partial charge in [-0.15, -0.1) is 0 Å². The molecular weight excluding hydrogens is 234 g/mol. The molecule has 108 valence electrons. The van der Waals surface area contributed by atoms with Crippen LogP contribution in [0.5, 0.6) is 0 Å². The van der Waals surface area contributed by atoms with Gasteiger partial charge in [-0.1, -0.05) is 39.5 Å². The van der Waals surface area contributed by atoms with Crippen LogP contribution in [0.3, 0.4) is 0 Å². The lowest BCUT2D eigenvalue weighted by Gasteiger charge is -2.27. The normalized spacial score (nSPS) is 19.3. The molecule has 3 heteroatoms. The molecule has 1 heterocycles. The molecule has 1 fully saturated rings. The Bertz CT molecular complexity index is 375. The number of hydrogen-bond donors (Lipinski definition) is 1. The van der Waals surface area contributed by atoms with Gasteiger partial charge < -0.3 is 5.32 Å². The fourth-order valence-electron chi connectivity index (χ4n) is 3.48. The van der Waals surface area contributed by atoms with E-state index in [1.165, 1.54) is 49.8 Å². The van der Waals surface area contributed by atoms with Crippen molar-refractivity contribution in [3.63, 3.8) is 0 Å². The summed E-state index contributed by atoms with van der Waals surface area (Å²) < 4.78 is 1.98. The predicted octanol–water partition coefficient (Wildman–Crippen LogP) is 3.60. The van der Waals surface area contributed by atoms with Crippen LogP contribution < -0.4 is 5.32 Å². The predicted molar refractivity (Wildman–Crippen MR) is 80.2 cm³/mol. The SMILES string of the molecule is CCNC(c1cn(C)nc1CC)C1CCCCCC1. The molecule has 1 N–H and O–H groups in total. The van der Waals surface area contributed by atoms with Crippen LogP contribution in [0.2, 0.25) is 0 Å². The van der Waals surface area contributed by atoms with Crippen LogP contribution in [-0.4, -0.2) is 16.3 Å². The van der Waals surface area contributed by atoms with Gasteiger partial charge in [-0.25, -0.2) is 0 Å². The van der Waals surface area contributed by atoms with Gasteiger partial charge in [-0.2, -0.15) is 5.10 Å². The third kappa shape index (κ3) is 3.59. The molecule has 1 unspecified atom stereocenters. The molecule has 1 aliphatic rings. The summed E-state index contributed by atoms with van der Waals surface area (Å²) in [6.45, 7) is 5.47. The Kier molecular flexibility index (Phi) is 5.44. The van der Waals surface area contributed by atoms with Crippen LogP contribution in [0.1, 0.15) is 69.7 Å². The molecule has 2 rings (SSSR count). The third-order valence-electron chi connectivity index (χ3n) is 4.40. The van der Waals surface area contributed by atoms with Gasteiger partial charge in [0.2, 0.25) is 0 Å². The standard InChI is InChI=1S/C16H29N3/c1-4-15-14(12-19(3)18-15)16(17-5-2)13-10-8-6-7-9-11-13/h12-13,16-17H,4-11H2,1-3H3. The minimum Gasteiger partial charge on any atom is -0.310 e. The Hall–Kier alpha value is -0.830. The van der Waals surface area contributed by atoms with Crippen LogP contribution in [0, 0.1) is 5.92 Å². The van der Waals surface area contributed by atoms with Crippen molar-refractivity contribution >= 4 is 0 Å². The van der Waals surface area contributed by atoms with Crippen molar-refractivity contribution in [2.45, 2.75) is 64.8 Å².